The third kappa shape index (κ3) is 4.07. The van der Waals surface area contributed by atoms with E-state index in [1.54, 1.807) is 6.92 Å². The van der Waals surface area contributed by atoms with E-state index in [0.717, 1.165) is 18.4 Å². The molecule has 1 saturated heterocycles. The SMILES string of the molecule is CCCNC(=O)C1CCCN(S(=O)(=O)Cc2nocc2C)C1. The Labute approximate surface area is 131 Å². The van der Waals surface area contributed by atoms with Crippen molar-refractivity contribution in [3.63, 3.8) is 0 Å². The van der Waals surface area contributed by atoms with E-state index in [2.05, 4.69) is 10.5 Å². The third-order valence-electron chi connectivity index (χ3n) is 3.86. The molecule has 7 nitrogen and oxygen atoms in total. The van der Waals surface area contributed by atoms with Gasteiger partial charge in [0.25, 0.3) is 0 Å². The molecule has 0 spiro atoms. The standard InChI is InChI=1S/C14H23N3O4S/c1-3-6-15-14(18)12-5-4-7-17(8-12)22(19,20)10-13-11(2)9-21-16-13/h9,12H,3-8,10H2,1-2H3,(H,15,18). The van der Waals surface area contributed by atoms with Crippen LogP contribution >= 0.6 is 0 Å². The van der Waals surface area contributed by atoms with Crippen LogP contribution in [0.2, 0.25) is 0 Å². The largest absolute Gasteiger partial charge is 0.364 e. The van der Waals surface area contributed by atoms with Crippen LogP contribution in [0.3, 0.4) is 0 Å². The molecule has 1 amide bonds. The number of hydrogen-bond donors (Lipinski definition) is 1. The topological polar surface area (TPSA) is 92.5 Å². The fourth-order valence-electron chi connectivity index (χ4n) is 2.51. The van der Waals surface area contributed by atoms with Crippen LogP contribution in [-0.4, -0.2) is 43.4 Å². The van der Waals surface area contributed by atoms with Crippen LogP contribution in [0.4, 0.5) is 0 Å². The molecular weight excluding hydrogens is 306 g/mol. The smallest absolute Gasteiger partial charge is 0.224 e. The van der Waals surface area contributed by atoms with Gasteiger partial charge in [-0.15, -0.1) is 0 Å². The van der Waals surface area contributed by atoms with Gasteiger partial charge in [0.2, 0.25) is 15.9 Å². The average Bonchev–Trinajstić information content (AvgIpc) is 2.89. The maximum Gasteiger partial charge on any atom is 0.224 e. The minimum absolute atomic E-state index is 0.0561. The molecule has 124 valence electrons. The fourth-order valence-corrected chi connectivity index (χ4v) is 4.14. The minimum Gasteiger partial charge on any atom is -0.364 e. The lowest BCUT2D eigenvalue weighted by molar-refractivity contribution is -0.126. The number of aromatic nitrogens is 1. The van der Waals surface area contributed by atoms with E-state index in [-0.39, 0.29) is 24.1 Å². The van der Waals surface area contributed by atoms with Crippen LogP contribution in [0.1, 0.15) is 37.4 Å². The first-order valence-electron chi connectivity index (χ1n) is 7.59. The quantitative estimate of drug-likeness (QED) is 0.842. The summed E-state index contributed by atoms with van der Waals surface area (Å²) in [5, 5.41) is 6.57. The van der Waals surface area contributed by atoms with Gasteiger partial charge in [-0.05, 0) is 26.2 Å². The number of carbonyl (C=O) groups is 1. The summed E-state index contributed by atoms with van der Waals surface area (Å²) < 4.78 is 31.2. The van der Waals surface area contributed by atoms with E-state index in [1.165, 1.54) is 10.6 Å². The highest BCUT2D eigenvalue weighted by molar-refractivity contribution is 7.88. The van der Waals surface area contributed by atoms with E-state index in [0.29, 0.717) is 25.2 Å². The first kappa shape index (κ1) is 17.0. The third-order valence-corrected chi connectivity index (χ3v) is 5.62. The van der Waals surface area contributed by atoms with E-state index in [9.17, 15) is 13.2 Å². The summed E-state index contributed by atoms with van der Waals surface area (Å²) >= 11 is 0. The van der Waals surface area contributed by atoms with Crippen molar-refractivity contribution < 1.29 is 17.7 Å². The maximum absolute atomic E-state index is 12.5. The monoisotopic (exact) mass is 329 g/mol. The summed E-state index contributed by atoms with van der Waals surface area (Å²) in [5.74, 6) is -0.508. The van der Waals surface area contributed by atoms with Crippen molar-refractivity contribution in [1.82, 2.24) is 14.8 Å². The Morgan fingerprint density at radius 3 is 2.95 bits per heavy atom. The van der Waals surface area contributed by atoms with Crippen LogP contribution in [-0.2, 0) is 20.6 Å². The van der Waals surface area contributed by atoms with Crippen LogP contribution in [0.15, 0.2) is 10.8 Å². The highest BCUT2D eigenvalue weighted by Crippen LogP contribution is 2.22. The summed E-state index contributed by atoms with van der Waals surface area (Å²) in [6.45, 7) is 5.07. The van der Waals surface area contributed by atoms with Gasteiger partial charge in [-0.1, -0.05) is 12.1 Å². The van der Waals surface area contributed by atoms with Gasteiger partial charge >= 0.3 is 0 Å². The second-order valence-corrected chi connectivity index (χ2v) is 7.66. The summed E-state index contributed by atoms with van der Waals surface area (Å²) in [4.78, 5) is 12.0. The second-order valence-electron chi connectivity index (χ2n) is 5.69. The van der Waals surface area contributed by atoms with E-state index < -0.39 is 10.0 Å². The number of aryl methyl sites for hydroxylation is 1. The summed E-state index contributed by atoms with van der Waals surface area (Å²) in [6, 6.07) is 0. The zero-order chi connectivity index (χ0) is 16.2. The Balaban J connectivity index is 2.01. The van der Waals surface area contributed by atoms with Gasteiger partial charge in [0.15, 0.2) is 0 Å². The number of nitrogens with one attached hydrogen (secondary N) is 1. The van der Waals surface area contributed by atoms with Gasteiger partial charge in [0, 0.05) is 25.2 Å². The first-order valence-corrected chi connectivity index (χ1v) is 9.20. The number of amides is 1. The first-order chi connectivity index (χ1) is 10.4. The molecule has 0 radical (unpaired) electrons. The molecule has 1 aromatic rings. The van der Waals surface area contributed by atoms with Gasteiger partial charge in [-0.3, -0.25) is 4.79 Å². The van der Waals surface area contributed by atoms with Crippen molar-refractivity contribution in [2.45, 2.75) is 38.9 Å². The Morgan fingerprint density at radius 2 is 2.32 bits per heavy atom. The lowest BCUT2D eigenvalue weighted by Gasteiger charge is -2.31. The molecule has 0 saturated carbocycles. The zero-order valence-corrected chi connectivity index (χ0v) is 13.9. The molecule has 1 N–H and O–H groups in total. The highest BCUT2D eigenvalue weighted by atomic mass is 32.2. The van der Waals surface area contributed by atoms with Crippen LogP contribution in [0, 0.1) is 12.8 Å². The molecule has 1 aliphatic rings. The molecule has 2 heterocycles. The van der Waals surface area contributed by atoms with Crippen molar-refractivity contribution in [2.75, 3.05) is 19.6 Å². The van der Waals surface area contributed by atoms with Crippen molar-refractivity contribution in [3.05, 3.63) is 17.5 Å². The van der Waals surface area contributed by atoms with Crippen molar-refractivity contribution >= 4 is 15.9 Å². The van der Waals surface area contributed by atoms with Gasteiger partial charge in [-0.2, -0.15) is 0 Å². The number of rotatable bonds is 6. The summed E-state index contributed by atoms with van der Waals surface area (Å²) in [6.07, 6.45) is 3.72. The van der Waals surface area contributed by atoms with E-state index in [4.69, 9.17) is 4.52 Å². The normalized spacial score (nSPS) is 20.0. The molecule has 0 bridgehead atoms. The van der Waals surface area contributed by atoms with Crippen LogP contribution in [0.5, 0.6) is 0 Å². The second kappa shape index (κ2) is 7.23. The number of piperidine rings is 1. The van der Waals surface area contributed by atoms with Gasteiger partial charge < -0.3 is 9.84 Å². The number of hydrogen-bond acceptors (Lipinski definition) is 5. The molecular formula is C14H23N3O4S. The summed E-state index contributed by atoms with van der Waals surface area (Å²) in [5.41, 5.74) is 1.15. The molecule has 1 unspecified atom stereocenters. The Bertz CT molecular complexity index is 611. The van der Waals surface area contributed by atoms with E-state index >= 15 is 0 Å². The molecule has 0 aromatic carbocycles. The molecule has 0 aliphatic carbocycles. The predicted molar refractivity (Wildman–Crippen MR) is 81.5 cm³/mol. The molecule has 22 heavy (non-hydrogen) atoms. The van der Waals surface area contributed by atoms with Gasteiger partial charge in [0.05, 0.1) is 5.92 Å². The maximum atomic E-state index is 12.5. The van der Waals surface area contributed by atoms with Crippen molar-refractivity contribution in [2.24, 2.45) is 5.92 Å². The van der Waals surface area contributed by atoms with Crippen molar-refractivity contribution in [1.29, 1.82) is 0 Å². The van der Waals surface area contributed by atoms with Crippen LogP contribution < -0.4 is 5.32 Å². The molecule has 2 rings (SSSR count). The van der Waals surface area contributed by atoms with E-state index in [1.807, 2.05) is 6.92 Å². The Morgan fingerprint density at radius 1 is 1.55 bits per heavy atom. The molecule has 8 heteroatoms. The molecule has 1 atom stereocenters. The Kier molecular flexibility index (Phi) is 5.57. The minimum atomic E-state index is -3.48. The molecule has 1 fully saturated rings. The lowest BCUT2D eigenvalue weighted by atomic mass is 9.99. The van der Waals surface area contributed by atoms with Crippen LogP contribution in [0.25, 0.3) is 0 Å². The molecule has 1 aliphatic heterocycles. The highest BCUT2D eigenvalue weighted by Gasteiger charge is 2.33. The lowest BCUT2D eigenvalue weighted by Crippen LogP contribution is -2.45. The number of carbonyl (C=O) groups excluding carboxylic acids is 1. The van der Waals surface area contributed by atoms with Gasteiger partial charge in [-0.25, -0.2) is 12.7 Å². The Hall–Kier alpha value is -1.41. The molecule has 1 aromatic heterocycles. The average molecular weight is 329 g/mol. The van der Waals surface area contributed by atoms with Crippen molar-refractivity contribution in [3.8, 4) is 0 Å². The predicted octanol–water partition coefficient (Wildman–Crippen LogP) is 1.05. The number of nitrogens with zero attached hydrogens (tertiary/aromatic N) is 2. The summed E-state index contributed by atoms with van der Waals surface area (Å²) in [7, 11) is -3.48. The van der Waals surface area contributed by atoms with Gasteiger partial charge in [0.1, 0.15) is 17.7 Å². The zero-order valence-electron chi connectivity index (χ0n) is 13.0. The fraction of sp³-hybridized carbons (Fsp3) is 0.714. The number of sulfonamides is 1.